The second-order valence-corrected chi connectivity index (χ2v) is 6.75. The molecule has 0 aliphatic carbocycles. The quantitative estimate of drug-likeness (QED) is 0.537. The predicted octanol–water partition coefficient (Wildman–Crippen LogP) is 4.19. The second-order valence-electron chi connectivity index (χ2n) is 5.84. The summed E-state index contributed by atoms with van der Waals surface area (Å²) in [6, 6.07) is 21.8. The molecule has 0 aromatic heterocycles. The molecular formula is C21H17BrN2O3. The standard InChI is InChI=1S/C21H17BrN2O3/c22-17-10-11-18(19(25)12-17)24-20(26)13-23-21(27)16-8-6-15(7-9-16)14-4-2-1-3-5-14/h1-12,25H,13H2,(H,23,27)(H,24,26). The fourth-order valence-corrected chi connectivity index (χ4v) is 2.86. The van der Waals surface area contributed by atoms with E-state index in [1.807, 2.05) is 42.5 Å². The van der Waals surface area contributed by atoms with Crippen molar-refractivity contribution in [1.29, 1.82) is 0 Å². The zero-order valence-corrected chi connectivity index (χ0v) is 15.9. The molecule has 5 nitrogen and oxygen atoms in total. The Kier molecular flexibility index (Phi) is 5.88. The van der Waals surface area contributed by atoms with Gasteiger partial charge in [-0.05, 0) is 41.5 Å². The lowest BCUT2D eigenvalue weighted by Gasteiger charge is -2.09. The largest absolute Gasteiger partial charge is 0.506 e. The van der Waals surface area contributed by atoms with E-state index in [1.165, 1.54) is 6.07 Å². The van der Waals surface area contributed by atoms with Crippen LogP contribution in [0.1, 0.15) is 10.4 Å². The minimum atomic E-state index is -0.429. The summed E-state index contributed by atoms with van der Waals surface area (Å²) in [5, 5.41) is 14.9. The number of carbonyl (C=O) groups is 2. The monoisotopic (exact) mass is 424 g/mol. The Morgan fingerprint density at radius 3 is 2.22 bits per heavy atom. The molecule has 0 bridgehead atoms. The number of phenolic OH excluding ortho intramolecular Hbond substituents is 1. The number of amides is 2. The van der Waals surface area contributed by atoms with Gasteiger partial charge in [-0.25, -0.2) is 0 Å². The molecule has 136 valence electrons. The Labute approximate surface area is 165 Å². The number of anilines is 1. The van der Waals surface area contributed by atoms with Gasteiger partial charge in [0.05, 0.1) is 12.2 Å². The van der Waals surface area contributed by atoms with Crippen LogP contribution in [0.25, 0.3) is 11.1 Å². The van der Waals surface area contributed by atoms with Crippen molar-refractivity contribution in [3.63, 3.8) is 0 Å². The molecule has 27 heavy (non-hydrogen) atoms. The maximum Gasteiger partial charge on any atom is 0.251 e. The summed E-state index contributed by atoms with van der Waals surface area (Å²) in [5.41, 5.74) is 2.83. The Morgan fingerprint density at radius 1 is 0.889 bits per heavy atom. The molecule has 0 radical (unpaired) electrons. The van der Waals surface area contributed by atoms with E-state index in [-0.39, 0.29) is 23.9 Å². The molecule has 3 N–H and O–H groups in total. The number of phenols is 1. The van der Waals surface area contributed by atoms with Gasteiger partial charge in [-0.2, -0.15) is 0 Å². The molecule has 0 aliphatic heterocycles. The Hall–Kier alpha value is -3.12. The molecule has 0 aliphatic rings. The maximum atomic E-state index is 12.2. The van der Waals surface area contributed by atoms with Gasteiger partial charge in [-0.1, -0.05) is 58.4 Å². The van der Waals surface area contributed by atoms with Gasteiger partial charge in [0.15, 0.2) is 0 Å². The third-order valence-electron chi connectivity index (χ3n) is 3.90. The van der Waals surface area contributed by atoms with E-state index in [4.69, 9.17) is 0 Å². The van der Waals surface area contributed by atoms with Crippen LogP contribution in [0.5, 0.6) is 5.75 Å². The van der Waals surface area contributed by atoms with Crippen molar-refractivity contribution in [3.05, 3.63) is 82.8 Å². The van der Waals surface area contributed by atoms with Crippen molar-refractivity contribution in [2.75, 3.05) is 11.9 Å². The fourth-order valence-electron chi connectivity index (χ4n) is 2.51. The molecule has 0 heterocycles. The predicted molar refractivity (Wildman–Crippen MR) is 109 cm³/mol. The number of halogens is 1. The van der Waals surface area contributed by atoms with Crippen LogP contribution in [0, 0.1) is 0 Å². The van der Waals surface area contributed by atoms with Crippen molar-refractivity contribution in [1.82, 2.24) is 5.32 Å². The molecule has 3 aromatic rings. The third kappa shape index (κ3) is 4.95. The van der Waals surface area contributed by atoms with E-state index >= 15 is 0 Å². The maximum absolute atomic E-state index is 12.2. The van der Waals surface area contributed by atoms with Crippen LogP contribution in [0.4, 0.5) is 5.69 Å². The first-order chi connectivity index (χ1) is 13.0. The van der Waals surface area contributed by atoms with E-state index in [0.29, 0.717) is 10.0 Å². The SMILES string of the molecule is O=C(CNC(=O)c1ccc(-c2ccccc2)cc1)Nc1ccc(Br)cc1O. The van der Waals surface area contributed by atoms with Gasteiger partial charge in [0, 0.05) is 10.0 Å². The molecule has 0 spiro atoms. The van der Waals surface area contributed by atoms with Gasteiger partial charge in [-0.15, -0.1) is 0 Å². The molecule has 6 heteroatoms. The van der Waals surface area contributed by atoms with Gasteiger partial charge in [-0.3, -0.25) is 9.59 Å². The average Bonchev–Trinajstić information content (AvgIpc) is 2.69. The smallest absolute Gasteiger partial charge is 0.251 e. The molecule has 3 aromatic carbocycles. The summed E-state index contributed by atoms with van der Waals surface area (Å²) in [5.74, 6) is -0.827. The van der Waals surface area contributed by atoms with Crippen molar-refractivity contribution >= 4 is 33.4 Å². The number of rotatable bonds is 5. The van der Waals surface area contributed by atoms with Gasteiger partial charge >= 0.3 is 0 Å². The van der Waals surface area contributed by atoms with E-state index in [2.05, 4.69) is 26.6 Å². The van der Waals surface area contributed by atoms with Crippen LogP contribution in [-0.2, 0) is 4.79 Å². The highest BCUT2D eigenvalue weighted by Crippen LogP contribution is 2.26. The number of hydrogen-bond donors (Lipinski definition) is 3. The Morgan fingerprint density at radius 2 is 1.56 bits per heavy atom. The van der Waals surface area contributed by atoms with Gasteiger partial charge < -0.3 is 15.7 Å². The summed E-state index contributed by atoms with van der Waals surface area (Å²) in [7, 11) is 0. The lowest BCUT2D eigenvalue weighted by molar-refractivity contribution is -0.115. The minimum absolute atomic E-state index is 0.0550. The number of aromatic hydroxyl groups is 1. The van der Waals surface area contributed by atoms with Crippen LogP contribution in [0.3, 0.4) is 0 Å². The van der Waals surface area contributed by atoms with Crippen molar-refractivity contribution in [2.45, 2.75) is 0 Å². The van der Waals surface area contributed by atoms with Crippen LogP contribution < -0.4 is 10.6 Å². The molecule has 0 saturated carbocycles. The van der Waals surface area contributed by atoms with Gasteiger partial charge in [0.1, 0.15) is 5.75 Å². The lowest BCUT2D eigenvalue weighted by atomic mass is 10.0. The number of carbonyl (C=O) groups excluding carboxylic acids is 2. The van der Waals surface area contributed by atoms with Gasteiger partial charge in [0.25, 0.3) is 5.91 Å². The highest BCUT2D eigenvalue weighted by atomic mass is 79.9. The van der Waals surface area contributed by atoms with Crippen molar-refractivity contribution in [2.24, 2.45) is 0 Å². The first-order valence-electron chi connectivity index (χ1n) is 8.25. The van der Waals surface area contributed by atoms with E-state index in [0.717, 1.165) is 11.1 Å². The van der Waals surface area contributed by atoms with Crippen molar-refractivity contribution < 1.29 is 14.7 Å². The van der Waals surface area contributed by atoms with Crippen LogP contribution in [0.2, 0.25) is 0 Å². The van der Waals surface area contributed by atoms with E-state index in [1.54, 1.807) is 24.3 Å². The summed E-state index contributed by atoms with van der Waals surface area (Å²) < 4.78 is 0.699. The molecule has 0 saturated heterocycles. The Bertz CT molecular complexity index is 957. The normalized spacial score (nSPS) is 10.3. The second kappa shape index (κ2) is 8.51. The third-order valence-corrected chi connectivity index (χ3v) is 4.39. The highest BCUT2D eigenvalue weighted by molar-refractivity contribution is 9.10. The summed E-state index contributed by atoms with van der Waals surface area (Å²) in [6.07, 6.45) is 0. The fraction of sp³-hybridized carbons (Fsp3) is 0.0476. The number of hydrogen-bond acceptors (Lipinski definition) is 3. The summed E-state index contributed by atoms with van der Waals surface area (Å²) in [4.78, 5) is 24.2. The molecule has 3 rings (SSSR count). The van der Waals surface area contributed by atoms with Crippen LogP contribution in [0.15, 0.2) is 77.3 Å². The lowest BCUT2D eigenvalue weighted by Crippen LogP contribution is -2.32. The Balaban J connectivity index is 1.56. The number of benzene rings is 3. The number of nitrogens with one attached hydrogen (secondary N) is 2. The van der Waals surface area contributed by atoms with Crippen molar-refractivity contribution in [3.8, 4) is 16.9 Å². The van der Waals surface area contributed by atoms with Gasteiger partial charge in [0.2, 0.25) is 5.91 Å². The van der Waals surface area contributed by atoms with Crippen LogP contribution >= 0.6 is 15.9 Å². The zero-order valence-electron chi connectivity index (χ0n) is 14.3. The minimum Gasteiger partial charge on any atom is -0.506 e. The highest BCUT2D eigenvalue weighted by Gasteiger charge is 2.10. The molecule has 0 atom stereocenters. The first-order valence-corrected chi connectivity index (χ1v) is 9.04. The van der Waals surface area contributed by atoms with E-state index < -0.39 is 5.91 Å². The molecule has 0 unspecified atom stereocenters. The first kappa shape index (κ1) is 18.7. The van der Waals surface area contributed by atoms with Crippen LogP contribution in [-0.4, -0.2) is 23.5 Å². The molecular weight excluding hydrogens is 408 g/mol. The topological polar surface area (TPSA) is 78.4 Å². The van der Waals surface area contributed by atoms with E-state index in [9.17, 15) is 14.7 Å². The zero-order chi connectivity index (χ0) is 19.2. The average molecular weight is 425 g/mol. The molecule has 2 amide bonds. The summed E-state index contributed by atoms with van der Waals surface area (Å²) >= 11 is 3.23. The summed E-state index contributed by atoms with van der Waals surface area (Å²) in [6.45, 7) is -0.200. The molecule has 0 fully saturated rings.